The molecular weight excluding hydrogens is 500 g/mol. The zero-order chi connectivity index (χ0) is 20.0. The molecule has 164 valence electrons. The van der Waals surface area contributed by atoms with Crippen molar-refractivity contribution in [3.63, 3.8) is 0 Å². The lowest BCUT2D eigenvalue weighted by Gasteiger charge is -2.44. The normalized spacial score (nSPS) is 20.2. The molecule has 0 aromatic heterocycles. The zero-order valence-corrected chi connectivity index (χ0v) is 18.5. The Morgan fingerprint density at radius 1 is 1.17 bits per heavy atom. The molecule has 29 heavy (non-hydrogen) atoms. The Kier molecular flexibility index (Phi) is 8.83. The van der Waals surface area contributed by atoms with Crippen LogP contribution in [0.1, 0.15) is 31.2 Å². The molecule has 1 aromatic carbocycles. The molecule has 0 unspecified atom stereocenters. The highest BCUT2D eigenvalue weighted by molar-refractivity contribution is 14.0. The first-order valence-corrected chi connectivity index (χ1v) is 9.58. The molecule has 2 saturated heterocycles. The van der Waals surface area contributed by atoms with Crippen LogP contribution in [-0.2, 0) is 11.3 Å². The van der Waals surface area contributed by atoms with Gasteiger partial charge in [-0.3, -0.25) is 4.90 Å². The SMILES string of the molecule is I.NC(=NCc1ccc(OC(F)(F)F)cc1)NCC1(N2CCCC2)CCOCC1. The van der Waals surface area contributed by atoms with E-state index in [1.165, 1.54) is 25.0 Å². The van der Waals surface area contributed by atoms with Crippen LogP contribution in [0.5, 0.6) is 5.75 Å². The van der Waals surface area contributed by atoms with Gasteiger partial charge in [-0.05, 0) is 56.5 Å². The van der Waals surface area contributed by atoms with Crippen LogP contribution in [0.2, 0.25) is 0 Å². The smallest absolute Gasteiger partial charge is 0.406 e. The van der Waals surface area contributed by atoms with E-state index in [9.17, 15) is 13.2 Å². The van der Waals surface area contributed by atoms with E-state index >= 15 is 0 Å². The summed E-state index contributed by atoms with van der Waals surface area (Å²) in [5, 5.41) is 3.24. The maximum atomic E-state index is 12.2. The average molecular weight is 528 g/mol. The van der Waals surface area contributed by atoms with Crippen molar-refractivity contribution in [2.45, 2.75) is 44.1 Å². The first-order valence-electron chi connectivity index (χ1n) is 9.58. The van der Waals surface area contributed by atoms with E-state index in [0.29, 0.717) is 12.5 Å². The number of rotatable bonds is 6. The van der Waals surface area contributed by atoms with E-state index in [0.717, 1.165) is 44.7 Å². The Labute approximate surface area is 186 Å². The standard InChI is InChI=1S/C19H27F3N4O2.HI/c20-19(21,22)28-16-5-3-15(4-6-16)13-24-17(23)25-14-18(7-11-27-12-8-18)26-9-1-2-10-26;/h3-6H,1-2,7-14H2,(H3,23,24,25);1H. The summed E-state index contributed by atoms with van der Waals surface area (Å²) in [6.07, 6.45) is -0.314. The predicted molar refractivity (Wildman–Crippen MR) is 115 cm³/mol. The molecule has 2 fully saturated rings. The first-order chi connectivity index (χ1) is 13.4. The summed E-state index contributed by atoms with van der Waals surface area (Å²) in [6.45, 7) is 4.70. The van der Waals surface area contributed by atoms with Crippen LogP contribution in [0.15, 0.2) is 29.3 Å². The molecule has 2 heterocycles. The average Bonchev–Trinajstić information content (AvgIpc) is 3.21. The number of guanidine groups is 1. The van der Waals surface area contributed by atoms with Gasteiger partial charge in [-0.15, -0.1) is 37.1 Å². The lowest BCUT2D eigenvalue weighted by atomic mass is 9.88. The fraction of sp³-hybridized carbons (Fsp3) is 0.632. The van der Waals surface area contributed by atoms with E-state index in [4.69, 9.17) is 10.5 Å². The summed E-state index contributed by atoms with van der Waals surface area (Å²) in [6, 6.07) is 5.63. The molecule has 10 heteroatoms. The van der Waals surface area contributed by atoms with Crippen molar-refractivity contribution in [3.8, 4) is 5.75 Å². The summed E-state index contributed by atoms with van der Waals surface area (Å²) < 4.78 is 46.0. The molecule has 0 saturated carbocycles. The van der Waals surface area contributed by atoms with Gasteiger partial charge >= 0.3 is 6.36 Å². The molecule has 0 bridgehead atoms. The number of alkyl halides is 3. The maximum absolute atomic E-state index is 12.2. The lowest BCUT2D eigenvalue weighted by molar-refractivity contribution is -0.274. The molecule has 3 N–H and O–H groups in total. The molecule has 0 atom stereocenters. The monoisotopic (exact) mass is 528 g/mol. The summed E-state index contributed by atoms with van der Waals surface area (Å²) in [4.78, 5) is 6.85. The fourth-order valence-electron chi connectivity index (χ4n) is 3.83. The Balaban J connectivity index is 0.00000300. The highest BCUT2D eigenvalue weighted by atomic mass is 127. The third-order valence-corrected chi connectivity index (χ3v) is 5.39. The Morgan fingerprint density at radius 3 is 2.38 bits per heavy atom. The van der Waals surface area contributed by atoms with Gasteiger partial charge in [0, 0.05) is 25.3 Å². The second kappa shape index (κ2) is 10.7. The van der Waals surface area contributed by atoms with Gasteiger partial charge in [-0.1, -0.05) is 12.1 Å². The predicted octanol–water partition coefficient (Wildman–Crippen LogP) is 3.25. The maximum Gasteiger partial charge on any atom is 0.573 e. The van der Waals surface area contributed by atoms with Crippen molar-refractivity contribution in [2.75, 3.05) is 32.8 Å². The number of aliphatic imine (C=N–C) groups is 1. The van der Waals surface area contributed by atoms with Crippen LogP contribution >= 0.6 is 24.0 Å². The van der Waals surface area contributed by atoms with Crippen molar-refractivity contribution in [1.29, 1.82) is 0 Å². The fourth-order valence-corrected chi connectivity index (χ4v) is 3.83. The highest BCUT2D eigenvalue weighted by Gasteiger charge is 2.39. The summed E-state index contributed by atoms with van der Waals surface area (Å²) in [5.41, 5.74) is 6.82. The van der Waals surface area contributed by atoms with Gasteiger partial charge < -0.3 is 20.5 Å². The molecule has 3 rings (SSSR count). The second-order valence-electron chi connectivity index (χ2n) is 7.28. The quantitative estimate of drug-likeness (QED) is 0.337. The third kappa shape index (κ3) is 7.18. The Bertz CT molecular complexity index is 658. The van der Waals surface area contributed by atoms with E-state index < -0.39 is 6.36 Å². The minimum absolute atomic E-state index is 0. The van der Waals surface area contributed by atoms with Crippen molar-refractivity contribution >= 4 is 29.9 Å². The third-order valence-electron chi connectivity index (χ3n) is 5.39. The van der Waals surface area contributed by atoms with Crippen molar-refractivity contribution in [1.82, 2.24) is 10.2 Å². The van der Waals surface area contributed by atoms with E-state index in [1.54, 1.807) is 12.1 Å². The van der Waals surface area contributed by atoms with Gasteiger partial charge in [0.25, 0.3) is 0 Å². The minimum atomic E-state index is -4.69. The van der Waals surface area contributed by atoms with Crippen LogP contribution in [0.25, 0.3) is 0 Å². The first kappa shape index (κ1) is 24.0. The molecular formula is C19H28F3IN4O2. The lowest BCUT2D eigenvalue weighted by Crippen LogP contribution is -2.58. The van der Waals surface area contributed by atoms with Gasteiger partial charge in [0.15, 0.2) is 5.96 Å². The number of ether oxygens (including phenoxy) is 2. The summed E-state index contributed by atoms with van der Waals surface area (Å²) in [7, 11) is 0. The zero-order valence-electron chi connectivity index (χ0n) is 16.2. The number of nitrogens with one attached hydrogen (secondary N) is 1. The molecule has 2 aliphatic heterocycles. The van der Waals surface area contributed by atoms with Crippen LogP contribution < -0.4 is 15.8 Å². The largest absolute Gasteiger partial charge is 0.573 e. The minimum Gasteiger partial charge on any atom is -0.406 e. The highest BCUT2D eigenvalue weighted by Crippen LogP contribution is 2.30. The number of halogens is 4. The van der Waals surface area contributed by atoms with Gasteiger partial charge in [0.05, 0.1) is 6.54 Å². The number of benzene rings is 1. The van der Waals surface area contributed by atoms with Crippen LogP contribution in [0, 0.1) is 0 Å². The van der Waals surface area contributed by atoms with Crippen LogP contribution in [0.3, 0.4) is 0 Å². The summed E-state index contributed by atoms with van der Waals surface area (Å²) >= 11 is 0. The van der Waals surface area contributed by atoms with E-state index in [-0.39, 0.29) is 41.8 Å². The molecule has 6 nitrogen and oxygen atoms in total. The topological polar surface area (TPSA) is 72.1 Å². The molecule has 0 spiro atoms. The van der Waals surface area contributed by atoms with Gasteiger partial charge in [-0.2, -0.15) is 0 Å². The number of likely N-dealkylation sites (tertiary alicyclic amines) is 1. The molecule has 0 radical (unpaired) electrons. The van der Waals surface area contributed by atoms with Crippen molar-refractivity contribution < 1.29 is 22.6 Å². The van der Waals surface area contributed by atoms with Gasteiger partial charge in [0.1, 0.15) is 5.75 Å². The number of hydrogen-bond acceptors (Lipinski definition) is 4. The van der Waals surface area contributed by atoms with Crippen LogP contribution in [0.4, 0.5) is 13.2 Å². The molecule has 1 aromatic rings. The van der Waals surface area contributed by atoms with Gasteiger partial charge in [0.2, 0.25) is 0 Å². The number of nitrogens with two attached hydrogens (primary N) is 1. The number of hydrogen-bond donors (Lipinski definition) is 2. The number of nitrogens with zero attached hydrogens (tertiary/aromatic N) is 2. The second-order valence-corrected chi connectivity index (χ2v) is 7.28. The van der Waals surface area contributed by atoms with E-state index in [1.807, 2.05) is 0 Å². The molecule has 2 aliphatic rings. The van der Waals surface area contributed by atoms with Gasteiger partial charge in [-0.25, -0.2) is 4.99 Å². The Hall–Kier alpha value is -1.27. The van der Waals surface area contributed by atoms with Crippen molar-refractivity contribution in [3.05, 3.63) is 29.8 Å². The Morgan fingerprint density at radius 2 is 1.79 bits per heavy atom. The van der Waals surface area contributed by atoms with Crippen molar-refractivity contribution in [2.24, 2.45) is 10.7 Å². The van der Waals surface area contributed by atoms with E-state index in [2.05, 4.69) is 19.9 Å². The van der Waals surface area contributed by atoms with Crippen LogP contribution in [-0.4, -0.2) is 55.6 Å². The molecule has 0 aliphatic carbocycles. The summed E-state index contributed by atoms with van der Waals surface area (Å²) in [5.74, 6) is 0.0825. The molecule has 0 amide bonds.